The van der Waals surface area contributed by atoms with Gasteiger partial charge < -0.3 is 5.73 Å². The number of rotatable bonds is 5. The summed E-state index contributed by atoms with van der Waals surface area (Å²) >= 11 is 11.3. The molecule has 7 heteroatoms. The van der Waals surface area contributed by atoms with E-state index in [2.05, 4.69) is 15.7 Å². The minimum atomic E-state index is 0.0402. The molecule has 0 spiro atoms. The molecule has 1 rings (SSSR count). The van der Waals surface area contributed by atoms with Gasteiger partial charge in [-0.25, -0.2) is 5.48 Å². The van der Waals surface area contributed by atoms with Crippen LogP contribution in [-0.4, -0.2) is 24.7 Å². The Bertz CT molecular complexity index is 409. The van der Waals surface area contributed by atoms with Crippen LogP contribution < -0.4 is 11.2 Å². The molecule has 0 fully saturated rings. The largest absolute Gasteiger partial charge is 0.367 e. The molecule has 0 atom stereocenters. The molecule has 3 N–H and O–H groups in total. The van der Waals surface area contributed by atoms with E-state index in [9.17, 15) is 0 Å². The Labute approximate surface area is 109 Å². The van der Waals surface area contributed by atoms with Gasteiger partial charge in [0, 0.05) is 16.5 Å². The average molecular weight is 275 g/mol. The Morgan fingerprint density at radius 3 is 2.94 bits per heavy atom. The van der Waals surface area contributed by atoms with E-state index in [1.54, 1.807) is 6.07 Å². The zero-order valence-electron chi connectivity index (χ0n) is 8.94. The molecule has 0 aromatic heterocycles. The fourth-order valence-corrected chi connectivity index (χ4v) is 1.18. The quantitative estimate of drug-likeness (QED) is 0.283. The molecule has 5 nitrogen and oxygen atoms in total. The summed E-state index contributed by atoms with van der Waals surface area (Å²) in [6.07, 6.45) is 1.50. The number of halogens is 2. The zero-order valence-corrected chi connectivity index (χ0v) is 10.4. The first-order valence-electron chi connectivity index (χ1n) is 4.79. The van der Waals surface area contributed by atoms with Crippen molar-refractivity contribution < 1.29 is 4.84 Å². The summed E-state index contributed by atoms with van der Waals surface area (Å²) in [7, 11) is 0. The average Bonchev–Trinajstić information content (AvgIpc) is 2.32. The highest BCUT2D eigenvalue weighted by molar-refractivity contribution is 6.33. The van der Waals surface area contributed by atoms with Gasteiger partial charge in [0.2, 0.25) is 5.96 Å². The van der Waals surface area contributed by atoms with Crippen molar-refractivity contribution in [3.05, 3.63) is 34.9 Å². The van der Waals surface area contributed by atoms with Gasteiger partial charge in [-0.05, 0) is 6.07 Å². The van der Waals surface area contributed by atoms with Crippen molar-refractivity contribution >= 4 is 35.4 Å². The van der Waals surface area contributed by atoms with Crippen molar-refractivity contribution in [3.8, 4) is 0 Å². The molecule has 0 saturated carbocycles. The lowest BCUT2D eigenvalue weighted by Gasteiger charge is -2.01. The van der Waals surface area contributed by atoms with Crippen LogP contribution in [0.3, 0.4) is 0 Å². The molecule has 17 heavy (non-hydrogen) atoms. The topological polar surface area (TPSA) is 72.0 Å². The molecule has 0 bridgehead atoms. The third-order valence-electron chi connectivity index (χ3n) is 1.62. The van der Waals surface area contributed by atoms with Gasteiger partial charge in [-0.2, -0.15) is 5.10 Å². The van der Waals surface area contributed by atoms with Crippen LogP contribution in [0.2, 0.25) is 5.02 Å². The third kappa shape index (κ3) is 5.53. The van der Waals surface area contributed by atoms with Gasteiger partial charge in [0.1, 0.15) is 0 Å². The molecule has 0 aliphatic rings. The van der Waals surface area contributed by atoms with Gasteiger partial charge in [-0.3, -0.25) is 4.84 Å². The predicted molar refractivity (Wildman–Crippen MR) is 70.5 cm³/mol. The molecule has 1 aromatic carbocycles. The van der Waals surface area contributed by atoms with Crippen LogP contribution in [-0.2, 0) is 4.84 Å². The van der Waals surface area contributed by atoms with Crippen LogP contribution in [0.1, 0.15) is 5.56 Å². The van der Waals surface area contributed by atoms with E-state index in [0.29, 0.717) is 17.5 Å². The monoisotopic (exact) mass is 274 g/mol. The van der Waals surface area contributed by atoms with Gasteiger partial charge in [-0.15, -0.1) is 16.7 Å². The van der Waals surface area contributed by atoms with Gasteiger partial charge in [0.15, 0.2) is 0 Å². The maximum atomic E-state index is 5.92. The van der Waals surface area contributed by atoms with Crippen molar-refractivity contribution in [1.29, 1.82) is 0 Å². The molecular formula is C10H12Cl2N4O. The highest BCUT2D eigenvalue weighted by atomic mass is 35.5. The molecular weight excluding hydrogens is 263 g/mol. The Kier molecular flexibility index (Phi) is 6.39. The lowest BCUT2D eigenvalue weighted by Crippen LogP contribution is -2.31. The molecule has 0 radical (unpaired) electrons. The second kappa shape index (κ2) is 7.89. The Balaban J connectivity index is 2.49. The molecule has 0 amide bonds. The van der Waals surface area contributed by atoms with E-state index in [0.717, 1.165) is 5.56 Å². The number of nitrogens with two attached hydrogens (primary N) is 1. The summed E-state index contributed by atoms with van der Waals surface area (Å²) in [4.78, 5) is 4.83. The van der Waals surface area contributed by atoms with E-state index in [4.69, 9.17) is 33.8 Å². The molecule has 92 valence electrons. The van der Waals surface area contributed by atoms with Crippen LogP contribution in [0, 0.1) is 0 Å². The normalized spacial score (nSPS) is 12.0. The number of nitrogens with one attached hydrogen (secondary N) is 1. The number of hydroxylamine groups is 1. The minimum Gasteiger partial charge on any atom is -0.367 e. The summed E-state index contributed by atoms with van der Waals surface area (Å²) in [6, 6.07) is 7.26. The SMILES string of the molecule is N/C(=N/N=Cc1ccccc1Cl)NOCCCl. The lowest BCUT2D eigenvalue weighted by molar-refractivity contribution is 0.0974. The highest BCUT2D eigenvalue weighted by Crippen LogP contribution is 2.12. The summed E-state index contributed by atoms with van der Waals surface area (Å²) in [6.45, 7) is 0.325. The number of hydrogen-bond acceptors (Lipinski definition) is 3. The first kappa shape index (κ1) is 13.8. The number of guanidine groups is 1. The van der Waals surface area contributed by atoms with Crippen LogP contribution in [0.5, 0.6) is 0 Å². The summed E-state index contributed by atoms with van der Waals surface area (Å²) in [5.74, 6) is 0.404. The van der Waals surface area contributed by atoms with E-state index >= 15 is 0 Å². The first-order valence-corrected chi connectivity index (χ1v) is 5.70. The first-order chi connectivity index (χ1) is 8.24. The van der Waals surface area contributed by atoms with Crippen LogP contribution in [0.4, 0.5) is 0 Å². The Morgan fingerprint density at radius 2 is 2.24 bits per heavy atom. The van der Waals surface area contributed by atoms with Gasteiger partial charge in [-0.1, -0.05) is 29.8 Å². The van der Waals surface area contributed by atoms with Gasteiger partial charge >= 0.3 is 0 Å². The van der Waals surface area contributed by atoms with Crippen molar-refractivity contribution in [2.24, 2.45) is 15.9 Å². The van der Waals surface area contributed by atoms with Gasteiger partial charge in [0.25, 0.3) is 0 Å². The standard InChI is InChI=1S/C10H12Cl2N4O/c11-5-6-17-16-10(13)15-14-7-8-3-1-2-4-9(8)12/h1-4,7H,5-6H2,(H3,13,15,16). The third-order valence-corrected chi connectivity index (χ3v) is 2.12. The van der Waals surface area contributed by atoms with Crippen molar-refractivity contribution in [3.63, 3.8) is 0 Å². The molecule has 0 heterocycles. The maximum absolute atomic E-state index is 5.92. The fraction of sp³-hybridized carbons (Fsp3) is 0.200. The van der Waals surface area contributed by atoms with Gasteiger partial charge in [0.05, 0.1) is 12.8 Å². The molecule has 0 saturated heterocycles. The summed E-state index contributed by atoms with van der Waals surface area (Å²) in [5.41, 5.74) is 8.58. The van der Waals surface area contributed by atoms with Crippen LogP contribution in [0.25, 0.3) is 0 Å². The second-order valence-corrected chi connectivity index (χ2v) is 3.68. The number of nitrogens with zero attached hydrogens (tertiary/aromatic N) is 2. The zero-order chi connectivity index (χ0) is 12.5. The smallest absolute Gasteiger partial charge is 0.237 e. The van der Waals surface area contributed by atoms with E-state index < -0.39 is 0 Å². The predicted octanol–water partition coefficient (Wildman–Crippen LogP) is 1.75. The number of alkyl halides is 1. The maximum Gasteiger partial charge on any atom is 0.237 e. The van der Waals surface area contributed by atoms with E-state index in [1.165, 1.54) is 6.21 Å². The van der Waals surface area contributed by atoms with Crippen molar-refractivity contribution in [1.82, 2.24) is 5.48 Å². The minimum absolute atomic E-state index is 0.0402. The summed E-state index contributed by atoms with van der Waals surface area (Å²) in [5, 5.41) is 8.01. The van der Waals surface area contributed by atoms with Crippen LogP contribution >= 0.6 is 23.2 Å². The number of benzene rings is 1. The molecule has 0 aliphatic carbocycles. The highest BCUT2D eigenvalue weighted by Gasteiger charge is 1.93. The second-order valence-electron chi connectivity index (χ2n) is 2.89. The fourth-order valence-electron chi connectivity index (χ4n) is 0.917. The van der Waals surface area contributed by atoms with Crippen molar-refractivity contribution in [2.75, 3.05) is 12.5 Å². The molecule has 0 unspecified atom stereocenters. The summed E-state index contributed by atoms with van der Waals surface area (Å²) < 4.78 is 0. The number of hydrogen-bond donors (Lipinski definition) is 2. The molecule has 1 aromatic rings. The Hall–Kier alpha value is -1.30. The Morgan fingerprint density at radius 1 is 1.47 bits per heavy atom. The molecule has 0 aliphatic heterocycles. The van der Waals surface area contributed by atoms with E-state index in [-0.39, 0.29) is 5.96 Å². The van der Waals surface area contributed by atoms with Crippen LogP contribution in [0.15, 0.2) is 34.5 Å². The van der Waals surface area contributed by atoms with E-state index in [1.807, 2.05) is 18.2 Å². The lowest BCUT2D eigenvalue weighted by atomic mass is 10.2. The van der Waals surface area contributed by atoms with Crippen molar-refractivity contribution in [2.45, 2.75) is 0 Å².